The lowest BCUT2D eigenvalue weighted by atomic mass is 9.91. The Hall–Kier alpha value is -2.64. The van der Waals surface area contributed by atoms with Crippen LogP contribution in [0.15, 0.2) is 12.4 Å². The smallest absolute Gasteiger partial charge is 0.388 e. The molecule has 2 aliphatic carbocycles. The topological polar surface area (TPSA) is 125 Å². The highest BCUT2D eigenvalue weighted by molar-refractivity contribution is 7.16. The second kappa shape index (κ2) is 11.0. The molecule has 5 rings (SSSR count). The van der Waals surface area contributed by atoms with Crippen molar-refractivity contribution in [1.82, 2.24) is 29.9 Å². The van der Waals surface area contributed by atoms with Gasteiger partial charge in [0, 0.05) is 30.6 Å². The van der Waals surface area contributed by atoms with E-state index in [0.29, 0.717) is 41.2 Å². The van der Waals surface area contributed by atoms with Gasteiger partial charge in [-0.3, -0.25) is 9.36 Å². The summed E-state index contributed by atoms with van der Waals surface area (Å²) in [6, 6.07) is 1.37. The minimum atomic E-state index is -2.96. The quantitative estimate of drug-likeness (QED) is 0.390. The van der Waals surface area contributed by atoms with Gasteiger partial charge in [0.2, 0.25) is 11.8 Å². The van der Waals surface area contributed by atoms with E-state index in [1.165, 1.54) is 22.1 Å². The number of ether oxygens (including phenoxy) is 1. The molecule has 1 fully saturated rings. The number of nitrogen functional groups attached to an aromatic ring is 1. The van der Waals surface area contributed by atoms with Crippen LogP contribution >= 0.6 is 36.2 Å². The van der Waals surface area contributed by atoms with Crippen LogP contribution in [0.3, 0.4) is 0 Å². The van der Waals surface area contributed by atoms with Crippen LogP contribution in [0.25, 0.3) is 0 Å². The van der Waals surface area contributed by atoms with E-state index in [-0.39, 0.29) is 42.6 Å². The zero-order valence-electron chi connectivity index (χ0n) is 18.7. The third-order valence-electron chi connectivity index (χ3n) is 6.01. The van der Waals surface area contributed by atoms with Gasteiger partial charge in [-0.05, 0) is 43.6 Å². The number of alkyl halides is 2. The molecule has 2 aliphatic rings. The fraction of sp³-hybridized carbons (Fsp3) is 0.500. The number of nitrogens with zero attached hydrogens (tertiary/aromatic N) is 5. The molecule has 0 saturated heterocycles. The monoisotopic (exact) mass is 550 g/mol. The maximum atomic E-state index is 12.8. The highest BCUT2D eigenvalue weighted by atomic mass is 35.5. The third-order valence-corrected chi connectivity index (χ3v) is 7.13. The van der Waals surface area contributed by atoms with Crippen LogP contribution in [0.2, 0.25) is 0 Å². The van der Waals surface area contributed by atoms with E-state index in [2.05, 4.69) is 30.7 Å². The van der Waals surface area contributed by atoms with Crippen molar-refractivity contribution in [2.75, 3.05) is 17.6 Å². The SMILES string of the molecule is Cl.Cl.Cn1nc(OC(F)F)cc1Nc1nncn1[C@H]1CCc2sc(N)c(C(=O)NCC3CC3)c2C1. The Balaban J connectivity index is 0.00000171. The standard InChI is InChI=1S/C20H24F2N8O2S.2ClH/c1-29-14(7-15(28-29)32-19(21)22)26-20-27-25-9-30(20)11-4-5-13-12(6-11)16(17(23)33-13)18(31)24-8-10-2-3-10;;/h7,9-11,19H,2-6,8,23H2,1H3,(H,24,31)(H,26,27);2*1H/t11-;;/m0../s1. The molecule has 0 spiro atoms. The summed E-state index contributed by atoms with van der Waals surface area (Å²) in [6.45, 7) is -2.27. The molecule has 1 atom stereocenters. The first-order valence-electron chi connectivity index (χ1n) is 10.7. The van der Waals surface area contributed by atoms with Gasteiger partial charge >= 0.3 is 6.61 Å². The van der Waals surface area contributed by atoms with E-state index >= 15 is 0 Å². The molecule has 0 aromatic carbocycles. The van der Waals surface area contributed by atoms with E-state index in [0.717, 1.165) is 36.1 Å². The number of nitrogens with two attached hydrogens (primary N) is 1. The second-order valence-corrected chi connectivity index (χ2v) is 9.49. The molecule has 0 unspecified atom stereocenters. The Kier molecular flexibility index (Phi) is 8.44. The highest BCUT2D eigenvalue weighted by Crippen LogP contribution is 2.40. The number of aryl methyl sites for hydroxylation is 2. The third kappa shape index (κ3) is 5.78. The maximum absolute atomic E-state index is 12.8. The molecular formula is C20H26Cl2F2N8O2S. The Morgan fingerprint density at radius 1 is 1.34 bits per heavy atom. The van der Waals surface area contributed by atoms with Gasteiger partial charge in [0.1, 0.15) is 12.1 Å². The number of anilines is 3. The first-order valence-corrected chi connectivity index (χ1v) is 11.5. The summed E-state index contributed by atoms with van der Waals surface area (Å²) in [7, 11) is 1.61. The van der Waals surface area contributed by atoms with Crippen molar-refractivity contribution in [2.24, 2.45) is 13.0 Å². The predicted octanol–water partition coefficient (Wildman–Crippen LogP) is 3.71. The first kappa shape index (κ1) is 27.0. The summed E-state index contributed by atoms with van der Waals surface area (Å²) in [5, 5.41) is 18.7. The molecule has 0 radical (unpaired) electrons. The van der Waals surface area contributed by atoms with E-state index < -0.39 is 6.61 Å². The highest BCUT2D eigenvalue weighted by Gasteiger charge is 2.31. The minimum Gasteiger partial charge on any atom is -0.415 e. The fourth-order valence-corrected chi connectivity index (χ4v) is 5.25. The van der Waals surface area contributed by atoms with Crippen molar-refractivity contribution in [3.63, 3.8) is 0 Å². The first-order chi connectivity index (χ1) is 15.9. The van der Waals surface area contributed by atoms with Crippen LogP contribution in [0.4, 0.5) is 25.5 Å². The molecule has 3 aromatic heterocycles. The lowest BCUT2D eigenvalue weighted by Crippen LogP contribution is -2.28. The average molecular weight is 551 g/mol. The number of hydrogen-bond acceptors (Lipinski definition) is 8. The van der Waals surface area contributed by atoms with Gasteiger partial charge in [0.05, 0.1) is 10.6 Å². The van der Waals surface area contributed by atoms with Gasteiger partial charge < -0.3 is 21.1 Å². The molecule has 0 bridgehead atoms. The molecule has 1 saturated carbocycles. The van der Waals surface area contributed by atoms with Crippen LogP contribution in [0, 0.1) is 5.92 Å². The summed E-state index contributed by atoms with van der Waals surface area (Å²) in [5.74, 6) is 1.15. The van der Waals surface area contributed by atoms with Crippen molar-refractivity contribution in [2.45, 2.75) is 44.8 Å². The molecule has 3 aromatic rings. The van der Waals surface area contributed by atoms with Crippen LogP contribution in [-0.2, 0) is 19.9 Å². The van der Waals surface area contributed by atoms with Crippen molar-refractivity contribution in [3.8, 4) is 5.88 Å². The number of aromatic nitrogens is 5. The molecule has 10 nitrogen and oxygen atoms in total. The van der Waals surface area contributed by atoms with Gasteiger partial charge in [-0.1, -0.05) is 0 Å². The molecule has 1 amide bonds. The predicted molar refractivity (Wildman–Crippen MR) is 132 cm³/mol. The van der Waals surface area contributed by atoms with Crippen LogP contribution in [-0.4, -0.2) is 43.6 Å². The summed E-state index contributed by atoms with van der Waals surface area (Å²) in [6.07, 6.45) is 6.18. The van der Waals surface area contributed by atoms with E-state index in [1.54, 1.807) is 13.4 Å². The second-order valence-electron chi connectivity index (χ2n) is 8.35. The number of rotatable bonds is 8. The normalized spacial score (nSPS) is 16.7. The van der Waals surface area contributed by atoms with Gasteiger partial charge in [-0.15, -0.1) is 51.4 Å². The zero-order valence-corrected chi connectivity index (χ0v) is 21.2. The Bertz CT molecular complexity index is 1180. The van der Waals surface area contributed by atoms with Crippen molar-refractivity contribution in [1.29, 1.82) is 0 Å². The summed E-state index contributed by atoms with van der Waals surface area (Å²) >= 11 is 1.48. The molecule has 4 N–H and O–H groups in total. The minimum absolute atomic E-state index is 0. The van der Waals surface area contributed by atoms with Gasteiger partial charge in [0.25, 0.3) is 5.91 Å². The number of amides is 1. The summed E-state index contributed by atoms with van der Waals surface area (Å²) < 4.78 is 32.6. The van der Waals surface area contributed by atoms with E-state index in [1.807, 2.05) is 4.57 Å². The van der Waals surface area contributed by atoms with Crippen LogP contribution in [0.5, 0.6) is 5.88 Å². The lowest BCUT2D eigenvalue weighted by Gasteiger charge is -2.25. The van der Waals surface area contributed by atoms with E-state index in [4.69, 9.17) is 5.73 Å². The molecular weight excluding hydrogens is 525 g/mol. The molecule has 35 heavy (non-hydrogen) atoms. The number of carbonyl (C=O) groups excluding carboxylic acids is 1. The number of fused-ring (bicyclic) bond motifs is 1. The number of carbonyl (C=O) groups is 1. The maximum Gasteiger partial charge on any atom is 0.388 e. The van der Waals surface area contributed by atoms with E-state index in [9.17, 15) is 13.6 Å². The lowest BCUT2D eigenvalue weighted by molar-refractivity contribution is -0.0531. The number of hydrogen-bond donors (Lipinski definition) is 3. The summed E-state index contributed by atoms with van der Waals surface area (Å²) in [4.78, 5) is 14.0. The van der Waals surface area contributed by atoms with Crippen LogP contribution in [0.1, 0.15) is 46.1 Å². The van der Waals surface area contributed by atoms with Gasteiger partial charge in [-0.2, -0.15) is 8.78 Å². The Labute approximate surface area is 216 Å². The number of halogens is 4. The van der Waals surface area contributed by atoms with Gasteiger partial charge in [-0.25, -0.2) is 4.68 Å². The van der Waals surface area contributed by atoms with Crippen molar-refractivity contribution in [3.05, 3.63) is 28.4 Å². The Morgan fingerprint density at radius 3 is 2.83 bits per heavy atom. The van der Waals surface area contributed by atoms with Crippen molar-refractivity contribution >= 4 is 58.8 Å². The van der Waals surface area contributed by atoms with Gasteiger partial charge in [0.15, 0.2) is 0 Å². The molecule has 0 aliphatic heterocycles. The zero-order chi connectivity index (χ0) is 23.1. The largest absolute Gasteiger partial charge is 0.415 e. The van der Waals surface area contributed by atoms with Crippen molar-refractivity contribution < 1.29 is 18.3 Å². The summed E-state index contributed by atoms with van der Waals surface area (Å²) in [5.41, 5.74) is 7.80. The fourth-order valence-electron chi connectivity index (χ4n) is 4.14. The molecule has 3 heterocycles. The molecule has 192 valence electrons. The number of nitrogens with one attached hydrogen (secondary N) is 2. The molecule has 15 heteroatoms. The Morgan fingerprint density at radius 2 is 2.11 bits per heavy atom. The number of thiophene rings is 1. The van der Waals surface area contributed by atoms with Crippen LogP contribution < -0.4 is 21.1 Å². The average Bonchev–Trinajstić information content (AvgIpc) is 3.23.